The van der Waals surface area contributed by atoms with E-state index in [1.54, 1.807) is 0 Å². The predicted octanol–water partition coefficient (Wildman–Crippen LogP) is 7.11. The molecule has 0 aliphatic carbocycles. The molecule has 0 unspecified atom stereocenters. The third-order valence-electron chi connectivity index (χ3n) is 8.01. The van der Waals surface area contributed by atoms with E-state index in [9.17, 15) is 0 Å². The molecule has 0 bridgehead atoms. The van der Waals surface area contributed by atoms with Crippen molar-refractivity contribution in [2.24, 2.45) is 5.92 Å². The van der Waals surface area contributed by atoms with Crippen LogP contribution in [0.4, 0.5) is 0 Å². The second-order valence-corrected chi connectivity index (χ2v) is 13.6. The van der Waals surface area contributed by atoms with Gasteiger partial charge in [0.25, 0.3) is 0 Å². The van der Waals surface area contributed by atoms with Gasteiger partial charge in [0.15, 0.2) is 0 Å². The highest BCUT2D eigenvalue weighted by molar-refractivity contribution is 4.99. The Morgan fingerprint density at radius 2 is 1.03 bits per heavy atom. The van der Waals surface area contributed by atoms with E-state index in [1.807, 2.05) is 0 Å². The van der Waals surface area contributed by atoms with Crippen LogP contribution in [0.25, 0.3) is 0 Å². The summed E-state index contributed by atoms with van der Waals surface area (Å²) in [7, 11) is 0. The van der Waals surface area contributed by atoms with E-state index in [2.05, 4.69) is 84.7 Å². The van der Waals surface area contributed by atoms with Gasteiger partial charge < -0.3 is 5.32 Å². The molecule has 0 atom stereocenters. The minimum atomic E-state index is 0.0668. The lowest BCUT2D eigenvalue weighted by Crippen LogP contribution is -2.63. The lowest BCUT2D eigenvalue weighted by atomic mass is 9.73. The van der Waals surface area contributed by atoms with Crippen molar-refractivity contribution in [2.45, 2.75) is 162 Å². The highest BCUT2D eigenvalue weighted by atomic mass is 16.7. The molecule has 34 heavy (non-hydrogen) atoms. The first-order chi connectivity index (χ1) is 15.7. The van der Waals surface area contributed by atoms with Crippen LogP contribution in [0.2, 0.25) is 0 Å². The van der Waals surface area contributed by atoms with Gasteiger partial charge in [0.2, 0.25) is 0 Å². The van der Waals surface area contributed by atoms with E-state index < -0.39 is 0 Å². The van der Waals surface area contributed by atoms with Gasteiger partial charge in [-0.15, -0.1) is 0 Å². The lowest BCUT2D eigenvalue weighted by Gasteiger charge is -2.54. The van der Waals surface area contributed by atoms with Crippen LogP contribution >= 0.6 is 0 Å². The van der Waals surface area contributed by atoms with Gasteiger partial charge in [-0.05, 0) is 114 Å². The van der Waals surface area contributed by atoms with E-state index in [0.717, 1.165) is 38.5 Å². The summed E-state index contributed by atoms with van der Waals surface area (Å²) in [5.41, 5.74) is 0.376. The number of hydroxylamine groups is 4. The summed E-state index contributed by atoms with van der Waals surface area (Å²) in [4.78, 5) is 12.1. The summed E-state index contributed by atoms with van der Waals surface area (Å²) >= 11 is 0. The molecule has 5 nitrogen and oxygen atoms in total. The van der Waals surface area contributed by atoms with Crippen LogP contribution in [-0.2, 0) is 9.68 Å². The summed E-state index contributed by atoms with van der Waals surface area (Å²) in [5.74, 6) is 0.817. The second-order valence-electron chi connectivity index (χ2n) is 13.6. The Bertz CT molecular complexity index is 514. The quantitative estimate of drug-likeness (QED) is 0.284. The Labute approximate surface area is 212 Å². The molecule has 2 saturated heterocycles. The SMILES string of the molecule is CCON1C(C)(C)CC(CCCCCCCNC2CC(C)(C)N(OCC)C(C)(C)C2)CC1(C)C. The van der Waals surface area contributed by atoms with E-state index in [-0.39, 0.29) is 22.2 Å². The van der Waals surface area contributed by atoms with Crippen molar-refractivity contribution in [1.82, 2.24) is 15.4 Å². The van der Waals surface area contributed by atoms with Crippen molar-refractivity contribution < 1.29 is 9.68 Å². The average Bonchev–Trinajstić information content (AvgIpc) is 2.68. The zero-order valence-electron chi connectivity index (χ0n) is 24.6. The van der Waals surface area contributed by atoms with Crippen molar-refractivity contribution in [3.05, 3.63) is 0 Å². The summed E-state index contributed by atoms with van der Waals surface area (Å²) in [6.45, 7) is 25.5. The molecular formula is C29H59N3O2. The zero-order chi connectivity index (χ0) is 25.6. The van der Waals surface area contributed by atoms with Gasteiger partial charge in [0.05, 0.1) is 13.2 Å². The molecule has 5 heteroatoms. The summed E-state index contributed by atoms with van der Waals surface area (Å²) < 4.78 is 0. The van der Waals surface area contributed by atoms with Crippen LogP contribution in [0.15, 0.2) is 0 Å². The molecule has 2 heterocycles. The molecule has 0 saturated carbocycles. The minimum Gasteiger partial charge on any atom is -0.314 e. The maximum Gasteiger partial charge on any atom is 0.0657 e. The van der Waals surface area contributed by atoms with Crippen LogP contribution in [-0.4, -0.2) is 58.1 Å². The third kappa shape index (κ3) is 8.16. The smallest absolute Gasteiger partial charge is 0.0657 e. The Kier molecular flexibility index (Phi) is 10.9. The van der Waals surface area contributed by atoms with Crippen LogP contribution in [0.5, 0.6) is 0 Å². The lowest BCUT2D eigenvalue weighted by molar-refractivity contribution is -0.285. The largest absolute Gasteiger partial charge is 0.314 e. The molecule has 0 aromatic heterocycles. The highest BCUT2D eigenvalue weighted by Crippen LogP contribution is 2.43. The van der Waals surface area contributed by atoms with E-state index in [4.69, 9.17) is 9.68 Å². The molecule has 2 aliphatic heterocycles. The number of hydrogen-bond acceptors (Lipinski definition) is 5. The summed E-state index contributed by atoms with van der Waals surface area (Å²) in [5, 5.41) is 8.41. The molecule has 2 rings (SSSR count). The van der Waals surface area contributed by atoms with E-state index in [1.165, 1.54) is 51.4 Å². The fourth-order valence-electron chi connectivity index (χ4n) is 7.43. The molecule has 1 N–H and O–H groups in total. The fraction of sp³-hybridized carbons (Fsp3) is 1.00. The Balaban J connectivity index is 1.62. The monoisotopic (exact) mass is 481 g/mol. The fourth-order valence-corrected chi connectivity index (χ4v) is 7.43. The van der Waals surface area contributed by atoms with Gasteiger partial charge in [-0.1, -0.05) is 32.1 Å². The van der Waals surface area contributed by atoms with Gasteiger partial charge in [-0.25, -0.2) is 0 Å². The number of nitrogens with one attached hydrogen (secondary N) is 1. The Morgan fingerprint density at radius 1 is 0.618 bits per heavy atom. The number of piperidine rings is 2. The molecule has 2 fully saturated rings. The van der Waals surface area contributed by atoms with Crippen molar-refractivity contribution in [2.75, 3.05) is 19.8 Å². The molecule has 0 aromatic rings. The third-order valence-corrected chi connectivity index (χ3v) is 8.01. The second kappa shape index (κ2) is 12.4. The molecule has 0 spiro atoms. The number of hydrogen-bond donors (Lipinski definition) is 1. The topological polar surface area (TPSA) is 37.0 Å². The Hall–Kier alpha value is -0.200. The van der Waals surface area contributed by atoms with Crippen molar-refractivity contribution in [3.63, 3.8) is 0 Å². The normalized spacial score (nSPS) is 25.6. The first-order valence-electron chi connectivity index (χ1n) is 14.3. The average molecular weight is 482 g/mol. The van der Waals surface area contributed by atoms with Crippen LogP contribution in [0.1, 0.15) is 133 Å². The Morgan fingerprint density at radius 3 is 1.50 bits per heavy atom. The van der Waals surface area contributed by atoms with Crippen LogP contribution in [0, 0.1) is 5.92 Å². The predicted molar refractivity (Wildman–Crippen MR) is 145 cm³/mol. The molecule has 0 radical (unpaired) electrons. The number of nitrogens with zero attached hydrogens (tertiary/aromatic N) is 2. The zero-order valence-corrected chi connectivity index (χ0v) is 24.6. The van der Waals surface area contributed by atoms with E-state index in [0.29, 0.717) is 6.04 Å². The maximum atomic E-state index is 6.04. The van der Waals surface area contributed by atoms with Gasteiger partial charge in [-0.2, -0.15) is 10.1 Å². The number of unbranched alkanes of at least 4 members (excludes halogenated alkanes) is 4. The number of rotatable bonds is 13. The molecule has 202 valence electrons. The summed E-state index contributed by atoms with van der Waals surface area (Å²) in [6, 6.07) is 0.580. The standard InChI is InChI=1S/C29H59N3O2/c1-11-33-31-26(3,4)20-24(21-27(31,5)6)18-16-14-13-15-17-19-30-25-22-28(7,8)32(34-12-2)29(9,10)23-25/h24-25,30H,11-23H2,1-10H3. The maximum absolute atomic E-state index is 6.04. The molecule has 0 aromatic carbocycles. The first-order valence-corrected chi connectivity index (χ1v) is 14.3. The van der Waals surface area contributed by atoms with Gasteiger partial charge >= 0.3 is 0 Å². The molecular weight excluding hydrogens is 422 g/mol. The van der Waals surface area contributed by atoms with Crippen molar-refractivity contribution in [3.8, 4) is 0 Å². The van der Waals surface area contributed by atoms with Gasteiger partial charge in [-0.3, -0.25) is 9.68 Å². The van der Waals surface area contributed by atoms with Gasteiger partial charge in [0, 0.05) is 28.2 Å². The summed E-state index contributed by atoms with van der Waals surface area (Å²) in [6.07, 6.45) is 12.9. The van der Waals surface area contributed by atoms with Crippen LogP contribution < -0.4 is 5.32 Å². The van der Waals surface area contributed by atoms with Crippen LogP contribution in [0.3, 0.4) is 0 Å². The minimum absolute atomic E-state index is 0.0668. The van der Waals surface area contributed by atoms with Gasteiger partial charge in [0.1, 0.15) is 0 Å². The van der Waals surface area contributed by atoms with E-state index >= 15 is 0 Å². The molecule has 2 aliphatic rings. The highest BCUT2D eigenvalue weighted by Gasteiger charge is 2.47. The van der Waals surface area contributed by atoms with Crippen molar-refractivity contribution in [1.29, 1.82) is 0 Å². The van der Waals surface area contributed by atoms with Crippen molar-refractivity contribution >= 4 is 0 Å². The first kappa shape index (κ1) is 30.0. The molecule has 0 amide bonds.